The summed E-state index contributed by atoms with van der Waals surface area (Å²) in [4.78, 5) is 39.6. The molecule has 10 heteroatoms. The molecule has 2 saturated heterocycles. The van der Waals surface area contributed by atoms with Gasteiger partial charge in [-0.1, -0.05) is 0 Å². The number of hydrogen-bond donors (Lipinski definition) is 0. The van der Waals surface area contributed by atoms with E-state index in [0.717, 1.165) is 29.9 Å². The van der Waals surface area contributed by atoms with Gasteiger partial charge in [0.15, 0.2) is 6.10 Å². The van der Waals surface area contributed by atoms with Gasteiger partial charge < -0.3 is 4.74 Å². The maximum Gasteiger partial charge on any atom is 0.338 e. The number of nitrogens with zero attached hydrogens (tertiary/aromatic N) is 2. The first kappa shape index (κ1) is 24.0. The van der Waals surface area contributed by atoms with Gasteiger partial charge in [0.25, 0.3) is 11.8 Å². The molecular weight excluding hydrogens is 463 g/mol. The minimum atomic E-state index is -3.61. The largest absolute Gasteiger partial charge is 0.449 e. The van der Waals surface area contributed by atoms with Crippen LogP contribution < -0.4 is 0 Å². The summed E-state index contributed by atoms with van der Waals surface area (Å²) in [5.74, 6) is -2.48. The molecular formula is C24H25FN2O6S. The highest BCUT2D eigenvalue weighted by Crippen LogP contribution is 2.23. The second-order valence-electron chi connectivity index (χ2n) is 8.33. The van der Waals surface area contributed by atoms with E-state index >= 15 is 0 Å². The first-order valence-electron chi connectivity index (χ1n) is 11.2. The number of carbonyl (C=O) groups is 3. The van der Waals surface area contributed by atoms with Crippen LogP contribution in [0.1, 0.15) is 52.8 Å². The molecule has 2 aliphatic rings. The van der Waals surface area contributed by atoms with E-state index in [2.05, 4.69) is 0 Å². The van der Waals surface area contributed by atoms with E-state index < -0.39 is 39.7 Å². The fourth-order valence-corrected chi connectivity index (χ4v) is 5.62. The second-order valence-corrected chi connectivity index (χ2v) is 10.3. The van der Waals surface area contributed by atoms with Crippen LogP contribution in [-0.2, 0) is 19.6 Å². The van der Waals surface area contributed by atoms with Gasteiger partial charge >= 0.3 is 5.97 Å². The molecule has 1 unspecified atom stereocenters. The van der Waals surface area contributed by atoms with Crippen LogP contribution in [0.5, 0.6) is 0 Å². The highest BCUT2D eigenvalue weighted by Gasteiger charge is 2.34. The smallest absolute Gasteiger partial charge is 0.338 e. The van der Waals surface area contributed by atoms with Crippen molar-refractivity contribution in [1.29, 1.82) is 0 Å². The van der Waals surface area contributed by atoms with Crippen LogP contribution in [0.2, 0.25) is 0 Å². The highest BCUT2D eigenvalue weighted by atomic mass is 32.2. The minimum absolute atomic E-state index is 0.0903. The number of hydrogen-bond acceptors (Lipinski definition) is 6. The Balaban J connectivity index is 1.45. The molecule has 0 N–H and O–H groups in total. The number of imide groups is 1. The lowest BCUT2D eigenvalue weighted by atomic mass is 10.1. The Morgan fingerprint density at radius 2 is 1.44 bits per heavy atom. The third-order valence-corrected chi connectivity index (χ3v) is 7.93. The lowest BCUT2D eigenvalue weighted by molar-refractivity contribution is -0.137. The summed E-state index contributed by atoms with van der Waals surface area (Å²) in [6, 6.07) is 10.3. The number of carbonyl (C=O) groups excluding carboxylic acids is 3. The molecule has 2 aromatic rings. The number of halogens is 1. The number of esters is 1. The molecule has 2 amide bonds. The fourth-order valence-electron chi connectivity index (χ4n) is 4.10. The summed E-state index contributed by atoms with van der Waals surface area (Å²) in [5, 5.41) is 0. The quantitative estimate of drug-likeness (QED) is 0.474. The first-order chi connectivity index (χ1) is 16.3. The molecule has 1 atom stereocenters. The van der Waals surface area contributed by atoms with Crippen molar-refractivity contribution >= 4 is 27.8 Å². The van der Waals surface area contributed by atoms with E-state index in [1.165, 1.54) is 40.7 Å². The summed E-state index contributed by atoms with van der Waals surface area (Å²) in [6.45, 7) is 1.12. The zero-order valence-electron chi connectivity index (χ0n) is 18.5. The molecule has 8 nitrogen and oxygen atoms in total. The molecule has 2 heterocycles. The SMILES string of the molecule is O=C(OC1CCCCN(C(=O)c2ccc(F)cc2)C1=O)c1ccc(S(=O)(=O)N2CCCC2)cc1. The highest BCUT2D eigenvalue weighted by molar-refractivity contribution is 7.89. The van der Waals surface area contributed by atoms with Crippen LogP contribution in [0.15, 0.2) is 53.4 Å². The lowest BCUT2D eigenvalue weighted by Crippen LogP contribution is -2.43. The molecule has 0 radical (unpaired) electrons. The van der Waals surface area contributed by atoms with Gasteiger partial charge in [0.05, 0.1) is 10.5 Å². The maximum absolute atomic E-state index is 13.2. The summed E-state index contributed by atoms with van der Waals surface area (Å²) >= 11 is 0. The monoisotopic (exact) mass is 488 g/mol. The number of sulfonamides is 1. The number of rotatable bonds is 5. The van der Waals surface area contributed by atoms with Crippen molar-refractivity contribution in [3.63, 3.8) is 0 Å². The molecule has 0 spiro atoms. The third kappa shape index (κ3) is 5.02. The number of ether oxygens (including phenoxy) is 1. The maximum atomic E-state index is 13.2. The van der Waals surface area contributed by atoms with Gasteiger partial charge in [-0.3, -0.25) is 14.5 Å². The molecule has 0 bridgehead atoms. The van der Waals surface area contributed by atoms with Crippen molar-refractivity contribution < 1.29 is 31.9 Å². The molecule has 180 valence electrons. The molecule has 0 aliphatic carbocycles. The molecule has 2 aliphatic heterocycles. The van der Waals surface area contributed by atoms with Gasteiger partial charge in [-0.2, -0.15) is 4.31 Å². The van der Waals surface area contributed by atoms with E-state index in [1.807, 2.05) is 0 Å². The summed E-state index contributed by atoms with van der Waals surface area (Å²) in [6.07, 6.45) is 1.88. The Hall–Kier alpha value is -3.11. The lowest BCUT2D eigenvalue weighted by Gasteiger charge is -2.23. The van der Waals surface area contributed by atoms with Crippen LogP contribution in [-0.4, -0.2) is 61.1 Å². The average molecular weight is 489 g/mol. The standard InChI is InChI=1S/C24H25FN2O6S/c25-19-10-6-17(7-11-19)22(28)27-16-2-1-5-21(23(27)29)33-24(30)18-8-12-20(13-9-18)34(31,32)26-14-3-4-15-26/h6-13,21H,1-5,14-16H2. The van der Waals surface area contributed by atoms with Crippen molar-refractivity contribution in [2.24, 2.45) is 0 Å². The van der Waals surface area contributed by atoms with Gasteiger partial charge in [-0.15, -0.1) is 0 Å². The zero-order valence-corrected chi connectivity index (χ0v) is 19.3. The van der Waals surface area contributed by atoms with Gasteiger partial charge in [0.1, 0.15) is 5.82 Å². The number of benzene rings is 2. The first-order valence-corrected chi connectivity index (χ1v) is 12.6. The van der Waals surface area contributed by atoms with Crippen molar-refractivity contribution in [2.45, 2.75) is 43.1 Å². The Kier molecular flexibility index (Phi) is 7.08. The predicted molar refractivity (Wildman–Crippen MR) is 120 cm³/mol. The van der Waals surface area contributed by atoms with Crippen molar-refractivity contribution in [1.82, 2.24) is 9.21 Å². The fraction of sp³-hybridized carbons (Fsp3) is 0.375. The molecule has 4 rings (SSSR count). The van der Waals surface area contributed by atoms with Crippen molar-refractivity contribution in [2.75, 3.05) is 19.6 Å². The Bertz CT molecular complexity index is 1170. The van der Waals surface area contributed by atoms with Crippen LogP contribution in [0.3, 0.4) is 0 Å². The van der Waals surface area contributed by atoms with Gasteiger partial charge in [-0.05, 0) is 80.6 Å². The predicted octanol–water partition coefficient (Wildman–Crippen LogP) is 2.99. The van der Waals surface area contributed by atoms with Crippen LogP contribution >= 0.6 is 0 Å². The van der Waals surface area contributed by atoms with E-state index in [-0.39, 0.29) is 29.0 Å². The van der Waals surface area contributed by atoms with Gasteiger partial charge in [0.2, 0.25) is 10.0 Å². The van der Waals surface area contributed by atoms with Crippen molar-refractivity contribution in [3.8, 4) is 0 Å². The zero-order chi connectivity index (χ0) is 24.3. The van der Waals surface area contributed by atoms with Gasteiger partial charge in [0, 0.05) is 25.2 Å². The second kappa shape index (κ2) is 10.0. The van der Waals surface area contributed by atoms with Crippen LogP contribution in [0.25, 0.3) is 0 Å². The van der Waals surface area contributed by atoms with E-state index in [1.54, 1.807) is 0 Å². The van der Waals surface area contributed by atoms with Crippen molar-refractivity contribution in [3.05, 3.63) is 65.5 Å². The molecule has 2 aromatic carbocycles. The Labute approximate surface area is 197 Å². The molecule has 0 aromatic heterocycles. The summed E-state index contributed by atoms with van der Waals surface area (Å²) < 4.78 is 45.3. The number of amides is 2. The summed E-state index contributed by atoms with van der Waals surface area (Å²) in [7, 11) is -3.61. The third-order valence-electron chi connectivity index (χ3n) is 6.02. The normalized spacial score (nSPS) is 19.6. The van der Waals surface area contributed by atoms with Crippen LogP contribution in [0.4, 0.5) is 4.39 Å². The molecule has 2 fully saturated rings. The minimum Gasteiger partial charge on any atom is -0.449 e. The Morgan fingerprint density at radius 1 is 0.853 bits per heavy atom. The average Bonchev–Trinajstić information content (AvgIpc) is 3.33. The van der Waals surface area contributed by atoms with E-state index in [0.29, 0.717) is 25.9 Å². The van der Waals surface area contributed by atoms with E-state index in [4.69, 9.17) is 4.74 Å². The molecule has 34 heavy (non-hydrogen) atoms. The number of likely N-dealkylation sites (tertiary alicyclic amines) is 1. The van der Waals surface area contributed by atoms with Crippen LogP contribution in [0, 0.1) is 5.82 Å². The van der Waals surface area contributed by atoms with E-state index in [9.17, 15) is 27.2 Å². The summed E-state index contributed by atoms with van der Waals surface area (Å²) in [5.41, 5.74) is 0.269. The molecule has 0 saturated carbocycles. The Morgan fingerprint density at radius 3 is 2.09 bits per heavy atom. The van der Waals surface area contributed by atoms with Gasteiger partial charge in [-0.25, -0.2) is 17.6 Å². The topological polar surface area (TPSA) is 101 Å².